The minimum absolute atomic E-state index is 0.0530. The Morgan fingerprint density at radius 2 is 1.68 bits per heavy atom. The predicted octanol–water partition coefficient (Wildman–Crippen LogP) is 5.83. The van der Waals surface area contributed by atoms with Gasteiger partial charge in [0.25, 0.3) is 0 Å². The maximum absolute atomic E-state index is 12.1. The van der Waals surface area contributed by atoms with Crippen LogP contribution in [0, 0.1) is 0 Å². The molecule has 5 heteroatoms. The van der Waals surface area contributed by atoms with Crippen LogP contribution < -0.4 is 0 Å². The van der Waals surface area contributed by atoms with Gasteiger partial charge in [-0.2, -0.15) is 0 Å². The first kappa shape index (κ1) is 14.9. The minimum Gasteiger partial charge on any atom is -0.294 e. The zero-order chi connectivity index (χ0) is 14.0. The standard InChI is InChI=1S/C14H8BrCl3O/c15-10-3-1-8(12(17)7-10)6-14(19)9-2-4-11(16)13(18)5-9/h1-5,7H,6H2. The van der Waals surface area contributed by atoms with Crippen LogP contribution >= 0.6 is 50.7 Å². The van der Waals surface area contributed by atoms with E-state index in [1.807, 2.05) is 12.1 Å². The highest BCUT2D eigenvalue weighted by Crippen LogP contribution is 2.25. The lowest BCUT2D eigenvalue weighted by Crippen LogP contribution is -2.04. The highest BCUT2D eigenvalue weighted by atomic mass is 79.9. The molecular formula is C14H8BrCl3O. The van der Waals surface area contributed by atoms with Crippen LogP contribution in [0.25, 0.3) is 0 Å². The maximum Gasteiger partial charge on any atom is 0.167 e. The van der Waals surface area contributed by atoms with Crippen molar-refractivity contribution in [3.05, 3.63) is 67.1 Å². The minimum atomic E-state index is -0.0530. The van der Waals surface area contributed by atoms with E-state index in [1.54, 1.807) is 24.3 Å². The lowest BCUT2D eigenvalue weighted by atomic mass is 10.0. The molecule has 0 fully saturated rings. The molecule has 0 spiro atoms. The van der Waals surface area contributed by atoms with Gasteiger partial charge in [-0.1, -0.05) is 56.8 Å². The Morgan fingerprint density at radius 1 is 0.947 bits per heavy atom. The third-order valence-corrected chi connectivity index (χ3v) is 4.19. The van der Waals surface area contributed by atoms with Gasteiger partial charge in [0.15, 0.2) is 5.78 Å². The Labute approximate surface area is 134 Å². The topological polar surface area (TPSA) is 17.1 Å². The molecule has 0 bridgehead atoms. The summed E-state index contributed by atoms with van der Waals surface area (Å²) in [6.07, 6.45) is 0.226. The van der Waals surface area contributed by atoms with E-state index in [0.29, 0.717) is 20.6 Å². The molecular weight excluding hydrogens is 370 g/mol. The highest BCUT2D eigenvalue weighted by Gasteiger charge is 2.11. The Hall–Kier alpha value is -0.540. The number of hydrogen-bond acceptors (Lipinski definition) is 1. The molecule has 0 radical (unpaired) electrons. The molecule has 0 saturated carbocycles. The van der Waals surface area contributed by atoms with Crippen LogP contribution in [0.1, 0.15) is 15.9 Å². The molecule has 2 rings (SSSR count). The number of carbonyl (C=O) groups is 1. The average molecular weight is 378 g/mol. The molecule has 0 atom stereocenters. The second-order valence-corrected chi connectivity index (χ2v) is 6.10. The molecule has 98 valence electrons. The predicted molar refractivity (Wildman–Crippen MR) is 83.6 cm³/mol. The molecule has 0 saturated heterocycles. The first-order valence-corrected chi connectivity index (χ1v) is 7.32. The van der Waals surface area contributed by atoms with Gasteiger partial charge in [0.1, 0.15) is 0 Å². The number of benzene rings is 2. The van der Waals surface area contributed by atoms with E-state index in [4.69, 9.17) is 34.8 Å². The van der Waals surface area contributed by atoms with Gasteiger partial charge in [-0.15, -0.1) is 0 Å². The first-order valence-electron chi connectivity index (χ1n) is 5.39. The Balaban J connectivity index is 2.23. The van der Waals surface area contributed by atoms with Gasteiger partial charge < -0.3 is 0 Å². The Bertz CT molecular complexity index is 641. The van der Waals surface area contributed by atoms with Gasteiger partial charge in [0.05, 0.1) is 10.0 Å². The van der Waals surface area contributed by atoms with Crippen molar-refractivity contribution < 1.29 is 4.79 Å². The molecule has 0 aliphatic carbocycles. The maximum atomic E-state index is 12.1. The zero-order valence-corrected chi connectivity index (χ0v) is 13.4. The summed E-state index contributed by atoms with van der Waals surface area (Å²) in [6.45, 7) is 0. The van der Waals surface area contributed by atoms with Crippen molar-refractivity contribution in [3.63, 3.8) is 0 Å². The molecule has 0 amide bonds. The molecule has 2 aromatic carbocycles. The Morgan fingerprint density at radius 3 is 2.32 bits per heavy atom. The second kappa shape index (κ2) is 6.27. The van der Waals surface area contributed by atoms with E-state index in [0.717, 1.165) is 10.0 Å². The van der Waals surface area contributed by atoms with E-state index >= 15 is 0 Å². The third kappa shape index (κ3) is 3.73. The first-order chi connectivity index (χ1) is 8.97. The summed E-state index contributed by atoms with van der Waals surface area (Å²) < 4.78 is 0.878. The van der Waals surface area contributed by atoms with Crippen LogP contribution in [0.5, 0.6) is 0 Å². The van der Waals surface area contributed by atoms with Crippen molar-refractivity contribution in [3.8, 4) is 0 Å². The third-order valence-electron chi connectivity index (χ3n) is 2.61. The summed E-state index contributed by atoms with van der Waals surface area (Å²) in [6, 6.07) is 10.3. The number of rotatable bonds is 3. The van der Waals surface area contributed by atoms with Gasteiger partial charge in [0, 0.05) is 21.5 Å². The van der Waals surface area contributed by atoms with Gasteiger partial charge in [0.2, 0.25) is 0 Å². The van der Waals surface area contributed by atoms with E-state index < -0.39 is 0 Å². The molecule has 0 unspecified atom stereocenters. The highest BCUT2D eigenvalue weighted by molar-refractivity contribution is 9.10. The Kier molecular flexibility index (Phi) is 4.91. The zero-order valence-electron chi connectivity index (χ0n) is 9.59. The van der Waals surface area contributed by atoms with E-state index in [2.05, 4.69) is 15.9 Å². The summed E-state index contributed by atoms with van der Waals surface area (Å²) in [5.41, 5.74) is 1.30. The SMILES string of the molecule is O=C(Cc1ccc(Br)cc1Cl)c1ccc(Cl)c(Cl)c1. The number of Topliss-reactive ketones (excluding diaryl/α,β-unsaturated/α-hetero) is 1. The van der Waals surface area contributed by atoms with Crippen molar-refractivity contribution in [2.75, 3.05) is 0 Å². The van der Waals surface area contributed by atoms with Gasteiger partial charge in [-0.3, -0.25) is 4.79 Å². The fourth-order valence-corrected chi connectivity index (χ4v) is 2.65. The van der Waals surface area contributed by atoms with Gasteiger partial charge in [-0.05, 0) is 35.9 Å². The number of halogens is 4. The molecule has 0 heterocycles. The van der Waals surface area contributed by atoms with Gasteiger partial charge >= 0.3 is 0 Å². The van der Waals surface area contributed by atoms with Crippen molar-refractivity contribution in [1.29, 1.82) is 0 Å². The lowest BCUT2D eigenvalue weighted by Gasteiger charge is -2.05. The molecule has 2 aromatic rings. The smallest absolute Gasteiger partial charge is 0.167 e. The summed E-state index contributed by atoms with van der Waals surface area (Å²) in [5, 5.41) is 1.36. The van der Waals surface area contributed by atoms with Crippen LogP contribution in [-0.4, -0.2) is 5.78 Å². The second-order valence-electron chi connectivity index (χ2n) is 3.96. The summed E-state index contributed by atoms with van der Waals surface area (Å²) in [7, 11) is 0. The molecule has 0 N–H and O–H groups in total. The summed E-state index contributed by atoms with van der Waals surface area (Å²) in [4.78, 5) is 12.1. The molecule has 1 nitrogen and oxygen atoms in total. The van der Waals surface area contributed by atoms with Crippen LogP contribution in [0.15, 0.2) is 40.9 Å². The molecule has 0 aromatic heterocycles. The normalized spacial score (nSPS) is 10.5. The quantitative estimate of drug-likeness (QED) is 0.614. The fraction of sp³-hybridized carbons (Fsp3) is 0.0714. The average Bonchev–Trinajstić information content (AvgIpc) is 2.36. The molecule has 19 heavy (non-hydrogen) atoms. The van der Waals surface area contributed by atoms with Crippen LogP contribution in [0.3, 0.4) is 0 Å². The number of carbonyl (C=O) groups excluding carboxylic acids is 1. The van der Waals surface area contributed by atoms with Crippen molar-refractivity contribution >= 4 is 56.5 Å². The lowest BCUT2D eigenvalue weighted by molar-refractivity contribution is 0.0993. The number of hydrogen-bond donors (Lipinski definition) is 0. The van der Waals surface area contributed by atoms with Crippen LogP contribution in [-0.2, 0) is 6.42 Å². The largest absolute Gasteiger partial charge is 0.294 e. The van der Waals surface area contributed by atoms with E-state index in [-0.39, 0.29) is 12.2 Å². The van der Waals surface area contributed by atoms with Crippen LogP contribution in [0.2, 0.25) is 15.1 Å². The summed E-state index contributed by atoms with van der Waals surface area (Å²) >= 11 is 21.1. The van der Waals surface area contributed by atoms with Crippen molar-refractivity contribution in [2.45, 2.75) is 6.42 Å². The van der Waals surface area contributed by atoms with Crippen molar-refractivity contribution in [2.24, 2.45) is 0 Å². The van der Waals surface area contributed by atoms with E-state index in [9.17, 15) is 4.79 Å². The number of ketones is 1. The summed E-state index contributed by atoms with van der Waals surface area (Å²) in [5.74, 6) is -0.0530. The van der Waals surface area contributed by atoms with Gasteiger partial charge in [-0.25, -0.2) is 0 Å². The molecule has 0 aliphatic rings. The fourth-order valence-electron chi connectivity index (χ4n) is 1.61. The monoisotopic (exact) mass is 376 g/mol. The van der Waals surface area contributed by atoms with Crippen molar-refractivity contribution in [1.82, 2.24) is 0 Å². The van der Waals surface area contributed by atoms with Crippen LogP contribution in [0.4, 0.5) is 0 Å². The van der Waals surface area contributed by atoms with E-state index in [1.165, 1.54) is 0 Å². The molecule has 0 aliphatic heterocycles.